The summed E-state index contributed by atoms with van der Waals surface area (Å²) >= 11 is 7.75. The molecule has 2 heterocycles. The van der Waals surface area contributed by atoms with Crippen LogP contribution in [0.3, 0.4) is 0 Å². The van der Waals surface area contributed by atoms with E-state index in [0.717, 1.165) is 28.7 Å². The lowest BCUT2D eigenvalue weighted by Crippen LogP contribution is -2.26. The fraction of sp³-hybridized carbons (Fsp3) is 0.429. The van der Waals surface area contributed by atoms with Gasteiger partial charge in [-0.15, -0.1) is 11.8 Å². The van der Waals surface area contributed by atoms with E-state index in [0.29, 0.717) is 11.6 Å². The van der Waals surface area contributed by atoms with Crippen molar-refractivity contribution in [3.05, 3.63) is 41.0 Å². The van der Waals surface area contributed by atoms with Crippen LogP contribution in [0.5, 0.6) is 0 Å². The van der Waals surface area contributed by atoms with Gasteiger partial charge in [0, 0.05) is 4.90 Å². The van der Waals surface area contributed by atoms with Crippen molar-refractivity contribution in [2.24, 2.45) is 0 Å². The predicted octanol–water partition coefficient (Wildman–Crippen LogP) is 3.83. The summed E-state index contributed by atoms with van der Waals surface area (Å²) in [4.78, 5) is 5.51. The first kappa shape index (κ1) is 13.9. The van der Waals surface area contributed by atoms with Crippen molar-refractivity contribution in [2.45, 2.75) is 36.0 Å². The smallest absolute Gasteiger partial charge is 0.243 e. The van der Waals surface area contributed by atoms with Crippen LogP contribution in [0.15, 0.2) is 33.7 Å². The molecule has 6 heteroatoms. The SMILES string of the molecule is Clc1ccccc1SCc1noc(C2CCCCN2)n1. The van der Waals surface area contributed by atoms with Gasteiger partial charge in [0.25, 0.3) is 0 Å². The monoisotopic (exact) mass is 309 g/mol. The van der Waals surface area contributed by atoms with Crippen LogP contribution in [0.1, 0.15) is 37.0 Å². The van der Waals surface area contributed by atoms with Crippen LogP contribution in [-0.2, 0) is 5.75 Å². The van der Waals surface area contributed by atoms with E-state index in [-0.39, 0.29) is 6.04 Å². The Morgan fingerprint density at radius 1 is 1.35 bits per heavy atom. The van der Waals surface area contributed by atoms with E-state index in [4.69, 9.17) is 16.1 Å². The number of piperidine rings is 1. The Kier molecular flexibility index (Phi) is 4.60. The topological polar surface area (TPSA) is 51.0 Å². The van der Waals surface area contributed by atoms with Gasteiger partial charge in [0.2, 0.25) is 5.89 Å². The van der Waals surface area contributed by atoms with Crippen LogP contribution in [-0.4, -0.2) is 16.7 Å². The van der Waals surface area contributed by atoms with E-state index in [1.807, 2.05) is 24.3 Å². The van der Waals surface area contributed by atoms with Crippen molar-refractivity contribution in [1.29, 1.82) is 0 Å². The van der Waals surface area contributed by atoms with Crippen LogP contribution in [0.25, 0.3) is 0 Å². The molecule has 106 valence electrons. The maximum absolute atomic E-state index is 6.12. The van der Waals surface area contributed by atoms with E-state index in [1.54, 1.807) is 11.8 Å². The summed E-state index contributed by atoms with van der Waals surface area (Å²) < 4.78 is 5.35. The third kappa shape index (κ3) is 3.34. The number of nitrogens with one attached hydrogen (secondary N) is 1. The lowest BCUT2D eigenvalue weighted by atomic mass is 10.1. The Labute approximate surface area is 127 Å². The molecule has 0 bridgehead atoms. The van der Waals surface area contributed by atoms with E-state index in [9.17, 15) is 0 Å². The van der Waals surface area contributed by atoms with E-state index < -0.39 is 0 Å². The molecule has 1 aliphatic rings. The highest BCUT2D eigenvalue weighted by molar-refractivity contribution is 7.98. The third-order valence-electron chi connectivity index (χ3n) is 3.29. The average Bonchev–Trinajstić information content (AvgIpc) is 2.96. The van der Waals surface area contributed by atoms with Crippen LogP contribution in [0.4, 0.5) is 0 Å². The first-order valence-corrected chi connectivity index (χ1v) is 8.12. The van der Waals surface area contributed by atoms with Gasteiger partial charge in [-0.25, -0.2) is 0 Å². The molecule has 0 aliphatic carbocycles. The molecule has 1 atom stereocenters. The van der Waals surface area contributed by atoms with Crippen LogP contribution in [0, 0.1) is 0 Å². The number of halogens is 1. The van der Waals surface area contributed by atoms with E-state index >= 15 is 0 Å². The minimum absolute atomic E-state index is 0.218. The first-order chi connectivity index (χ1) is 9.83. The van der Waals surface area contributed by atoms with Gasteiger partial charge in [0.15, 0.2) is 5.82 Å². The number of hydrogen-bond acceptors (Lipinski definition) is 5. The molecule has 1 saturated heterocycles. The molecule has 1 unspecified atom stereocenters. The summed E-state index contributed by atoms with van der Waals surface area (Å²) in [6, 6.07) is 8.00. The van der Waals surface area contributed by atoms with Gasteiger partial charge < -0.3 is 9.84 Å². The van der Waals surface area contributed by atoms with Gasteiger partial charge >= 0.3 is 0 Å². The summed E-state index contributed by atoms with van der Waals surface area (Å²) in [5, 5.41) is 8.21. The number of aromatic nitrogens is 2. The molecule has 1 aromatic heterocycles. The molecule has 1 aromatic carbocycles. The minimum atomic E-state index is 0.218. The summed E-state index contributed by atoms with van der Waals surface area (Å²) in [7, 11) is 0. The Morgan fingerprint density at radius 2 is 2.25 bits per heavy atom. The molecule has 1 N–H and O–H groups in total. The van der Waals surface area contributed by atoms with Crippen molar-refractivity contribution in [3.63, 3.8) is 0 Å². The molecule has 0 radical (unpaired) electrons. The van der Waals surface area contributed by atoms with Gasteiger partial charge in [-0.3, -0.25) is 0 Å². The molecule has 3 rings (SSSR count). The van der Waals surface area contributed by atoms with Crippen molar-refractivity contribution in [2.75, 3.05) is 6.54 Å². The van der Waals surface area contributed by atoms with Gasteiger partial charge in [0.05, 0.1) is 16.8 Å². The van der Waals surface area contributed by atoms with Crippen LogP contribution >= 0.6 is 23.4 Å². The number of benzene rings is 1. The molecule has 1 fully saturated rings. The number of rotatable bonds is 4. The Hall–Kier alpha value is -1.04. The molecule has 2 aromatic rings. The van der Waals surface area contributed by atoms with Gasteiger partial charge in [-0.2, -0.15) is 4.98 Å². The number of nitrogens with zero attached hydrogens (tertiary/aromatic N) is 2. The molecule has 4 nitrogen and oxygen atoms in total. The highest BCUT2D eigenvalue weighted by atomic mass is 35.5. The van der Waals surface area contributed by atoms with Crippen molar-refractivity contribution in [3.8, 4) is 0 Å². The van der Waals surface area contributed by atoms with Crippen molar-refractivity contribution < 1.29 is 4.52 Å². The second-order valence-electron chi connectivity index (χ2n) is 4.77. The normalized spacial score (nSPS) is 19.1. The molecular formula is C14H16ClN3OS. The largest absolute Gasteiger partial charge is 0.338 e. The van der Waals surface area contributed by atoms with Crippen molar-refractivity contribution >= 4 is 23.4 Å². The zero-order chi connectivity index (χ0) is 13.8. The van der Waals surface area contributed by atoms with Gasteiger partial charge in [-0.1, -0.05) is 35.3 Å². The summed E-state index contributed by atoms with van der Waals surface area (Å²) in [6.07, 6.45) is 3.50. The highest BCUT2D eigenvalue weighted by Crippen LogP contribution is 2.29. The molecule has 1 aliphatic heterocycles. The Morgan fingerprint density at radius 3 is 3.05 bits per heavy atom. The number of hydrogen-bond donors (Lipinski definition) is 1. The zero-order valence-corrected chi connectivity index (χ0v) is 12.6. The maximum Gasteiger partial charge on any atom is 0.243 e. The maximum atomic E-state index is 6.12. The quantitative estimate of drug-likeness (QED) is 0.870. The lowest BCUT2D eigenvalue weighted by molar-refractivity contribution is 0.296. The Bertz CT molecular complexity index is 569. The standard InChI is InChI=1S/C14H16ClN3OS/c15-10-5-1-2-7-12(10)20-9-13-17-14(19-18-13)11-6-3-4-8-16-11/h1-2,5,7,11,16H,3-4,6,8-9H2. The third-order valence-corrected chi connectivity index (χ3v) is 4.80. The molecule has 0 spiro atoms. The Balaban J connectivity index is 1.61. The fourth-order valence-electron chi connectivity index (χ4n) is 2.23. The van der Waals surface area contributed by atoms with E-state index in [1.165, 1.54) is 12.8 Å². The summed E-state index contributed by atoms with van der Waals surface area (Å²) in [5.41, 5.74) is 0. The van der Waals surface area contributed by atoms with Gasteiger partial charge in [0.1, 0.15) is 0 Å². The number of thioether (sulfide) groups is 1. The summed E-state index contributed by atoms with van der Waals surface area (Å²) in [5.74, 6) is 2.09. The minimum Gasteiger partial charge on any atom is -0.338 e. The lowest BCUT2D eigenvalue weighted by Gasteiger charge is -2.19. The second-order valence-corrected chi connectivity index (χ2v) is 6.19. The second kappa shape index (κ2) is 6.61. The molecule has 0 amide bonds. The molecular weight excluding hydrogens is 294 g/mol. The zero-order valence-electron chi connectivity index (χ0n) is 11.0. The molecule has 20 heavy (non-hydrogen) atoms. The summed E-state index contributed by atoms with van der Waals surface area (Å²) in [6.45, 7) is 1.02. The van der Waals surface area contributed by atoms with E-state index in [2.05, 4.69) is 15.5 Å². The average molecular weight is 310 g/mol. The van der Waals surface area contributed by atoms with Crippen LogP contribution < -0.4 is 5.32 Å². The predicted molar refractivity (Wildman–Crippen MR) is 79.9 cm³/mol. The first-order valence-electron chi connectivity index (χ1n) is 6.76. The van der Waals surface area contributed by atoms with Gasteiger partial charge in [-0.05, 0) is 31.5 Å². The fourth-order valence-corrected chi connectivity index (χ4v) is 3.32. The van der Waals surface area contributed by atoms with Crippen molar-refractivity contribution in [1.82, 2.24) is 15.5 Å². The van der Waals surface area contributed by atoms with Crippen LogP contribution in [0.2, 0.25) is 5.02 Å². The highest BCUT2D eigenvalue weighted by Gasteiger charge is 2.20. The molecule has 0 saturated carbocycles.